The summed E-state index contributed by atoms with van der Waals surface area (Å²) in [6.07, 6.45) is 3.34. The van der Waals surface area contributed by atoms with Crippen molar-refractivity contribution in [2.45, 2.75) is 38.1 Å². The minimum Gasteiger partial charge on any atom is -0.336 e. The van der Waals surface area contributed by atoms with Crippen LogP contribution in [-0.2, 0) is 23.0 Å². The number of rotatable bonds is 6. The first-order valence-corrected chi connectivity index (χ1v) is 14.1. The average Bonchev–Trinajstić information content (AvgIpc) is 2.91. The Morgan fingerprint density at radius 3 is 2.43 bits per heavy atom. The highest BCUT2D eigenvalue weighted by Crippen LogP contribution is 2.32. The number of anilines is 1. The molecule has 0 aromatic heterocycles. The Balaban J connectivity index is 1.20. The van der Waals surface area contributed by atoms with Crippen LogP contribution in [0.2, 0.25) is 0 Å². The van der Waals surface area contributed by atoms with Gasteiger partial charge in [-0.1, -0.05) is 30.3 Å². The van der Waals surface area contributed by atoms with Gasteiger partial charge in [-0.3, -0.25) is 19.4 Å². The van der Waals surface area contributed by atoms with Gasteiger partial charge in [0.2, 0.25) is 0 Å². The van der Waals surface area contributed by atoms with Gasteiger partial charge in [0.25, 0.3) is 15.9 Å². The summed E-state index contributed by atoms with van der Waals surface area (Å²) in [5, 5.41) is 0. The molecule has 0 unspecified atom stereocenters. The summed E-state index contributed by atoms with van der Waals surface area (Å²) in [4.78, 5) is 21.8. The van der Waals surface area contributed by atoms with Gasteiger partial charge < -0.3 is 4.90 Å². The van der Waals surface area contributed by atoms with Crippen molar-refractivity contribution >= 4 is 33.5 Å². The largest absolute Gasteiger partial charge is 0.336 e. The molecule has 8 heteroatoms. The van der Waals surface area contributed by atoms with E-state index in [-0.39, 0.29) is 10.8 Å². The Labute approximate surface area is 218 Å². The summed E-state index contributed by atoms with van der Waals surface area (Å²) < 4.78 is 28.8. The third-order valence-corrected chi connectivity index (χ3v) is 8.57. The summed E-state index contributed by atoms with van der Waals surface area (Å²) >= 11 is 0. The molecular formula is C29H32N4O3S. The lowest BCUT2D eigenvalue weighted by atomic mass is 10.1. The molecule has 2 aliphatic rings. The number of sulfonamides is 1. The number of aliphatic imine (C=N–C) groups is 1. The van der Waals surface area contributed by atoms with Gasteiger partial charge in [0.1, 0.15) is 4.90 Å². The average molecular weight is 517 g/mol. The zero-order valence-corrected chi connectivity index (χ0v) is 22.1. The number of benzene rings is 3. The fraction of sp³-hybridized carbons (Fsp3) is 0.310. The van der Waals surface area contributed by atoms with E-state index in [1.165, 1.54) is 16.7 Å². The van der Waals surface area contributed by atoms with Crippen molar-refractivity contribution in [3.63, 3.8) is 0 Å². The molecule has 1 saturated heterocycles. The smallest absolute Gasteiger partial charge is 0.264 e. The fourth-order valence-corrected chi connectivity index (χ4v) is 6.10. The third-order valence-electron chi connectivity index (χ3n) is 7.16. The van der Waals surface area contributed by atoms with E-state index >= 15 is 0 Å². The van der Waals surface area contributed by atoms with E-state index < -0.39 is 10.0 Å². The minimum atomic E-state index is -3.81. The molecule has 0 aliphatic carbocycles. The molecule has 0 bridgehead atoms. The second kappa shape index (κ2) is 10.5. The summed E-state index contributed by atoms with van der Waals surface area (Å²) in [6.45, 7) is 8.11. The van der Waals surface area contributed by atoms with Crippen LogP contribution in [0, 0.1) is 13.8 Å². The molecule has 0 atom stereocenters. The van der Waals surface area contributed by atoms with Crippen LogP contribution in [0.4, 0.5) is 11.4 Å². The maximum Gasteiger partial charge on any atom is 0.264 e. The Kier molecular flexibility index (Phi) is 7.13. The van der Waals surface area contributed by atoms with Gasteiger partial charge in [-0.25, -0.2) is 8.42 Å². The van der Waals surface area contributed by atoms with Crippen LogP contribution in [-0.4, -0.2) is 56.5 Å². The van der Waals surface area contributed by atoms with E-state index in [9.17, 15) is 13.2 Å². The number of nitrogens with one attached hydrogen (secondary N) is 1. The van der Waals surface area contributed by atoms with E-state index in [0.29, 0.717) is 30.0 Å². The Morgan fingerprint density at radius 2 is 1.70 bits per heavy atom. The molecule has 2 heterocycles. The van der Waals surface area contributed by atoms with Crippen molar-refractivity contribution in [3.8, 4) is 0 Å². The van der Waals surface area contributed by atoms with Crippen molar-refractivity contribution < 1.29 is 13.2 Å². The van der Waals surface area contributed by atoms with Crippen LogP contribution < -0.4 is 4.72 Å². The molecular weight excluding hydrogens is 484 g/mol. The number of carbonyl (C=O) groups excluding carboxylic acids is 1. The molecule has 3 aromatic carbocycles. The summed E-state index contributed by atoms with van der Waals surface area (Å²) in [7, 11) is -3.81. The van der Waals surface area contributed by atoms with Crippen molar-refractivity contribution in [1.29, 1.82) is 0 Å². The van der Waals surface area contributed by atoms with Crippen LogP contribution in [0.3, 0.4) is 0 Å². The monoisotopic (exact) mass is 516 g/mol. The third kappa shape index (κ3) is 5.60. The molecule has 0 radical (unpaired) electrons. The number of hydrogen-bond donors (Lipinski definition) is 1. The van der Waals surface area contributed by atoms with E-state index in [4.69, 9.17) is 0 Å². The van der Waals surface area contributed by atoms with Crippen molar-refractivity contribution in [2.24, 2.45) is 4.99 Å². The maximum atomic E-state index is 13.1. The molecule has 1 N–H and O–H groups in total. The van der Waals surface area contributed by atoms with Crippen molar-refractivity contribution in [3.05, 3.63) is 88.5 Å². The van der Waals surface area contributed by atoms with Crippen LogP contribution in [0.1, 0.15) is 39.0 Å². The Bertz CT molecular complexity index is 1440. The predicted octanol–water partition coefficient (Wildman–Crippen LogP) is 4.71. The normalized spacial score (nSPS) is 15.9. The van der Waals surface area contributed by atoms with Gasteiger partial charge in [0.15, 0.2) is 0 Å². The number of fused-ring (bicyclic) bond motifs is 1. The number of nitrogens with zero attached hydrogens (tertiary/aromatic N) is 3. The minimum absolute atomic E-state index is 0.0355. The lowest BCUT2D eigenvalue weighted by Crippen LogP contribution is -2.48. The summed E-state index contributed by atoms with van der Waals surface area (Å²) in [5.74, 6) is -0.0355. The number of aryl methyl sites for hydroxylation is 3. The Hall–Kier alpha value is -3.49. The number of piperazine rings is 1. The van der Waals surface area contributed by atoms with E-state index in [0.717, 1.165) is 38.0 Å². The lowest BCUT2D eigenvalue weighted by Gasteiger charge is -2.35. The second-order valence-electron chi connectivity index (χ2n) is 9.78. The highest BCUT2D eigenvalue weighted by molar-refractivity contribution is 7.92. The van der Waals surface area contributed by atoms with E-state index in [1.807, 2.05) is 11.0 Å². The summed E-state index contributed by atoms with van der Waals surface area (Å²) in [6, 6.07) is 18.4. The van der Waals surface area contributed by atoms with Gasteiger partial charge in [-0.15, -0.1) is 0 Å². The van der Waals surface area contributed by atoms with Gasteiger partial charge >= 0.3 is 0 Å². The van der Waals surface area contributed by atoms with Gasteiger partial charge in [-0.2, -0.15) is 0 Å². The fourth-order valence-electron chi connectivity index (χ4n) is 4.85. The zero-order valence-electron chi connectivity index (χ0n) is 21.3. The maximum absolute atomic E-state index is 13.1. The molecule has 3 aromatic rings. The first-order chi connectivity index (χ1) is 17.8. The first-order valence-electron chi connectivity index (χ1n) is 12.7. The SMILES string of the molecule is Cc1ccc(CN2CCN(C(=O)c3ccc(NS(=O)(=O)c4cccc5c4N=CCC5)cc3)CC2)cc1C. The van der Waals surface area contributed by atoms with Crippen molar-refractivity contribution in [1.82, 2.24) is 9.80 Å². The lowest BCUT2D eigenvalue weighted by molar-refractivity contribution is 0.0628. The van der Waals surface area contributed by atoms with E-state index in [2.05, 4.69) is 46.7 Å². The first kappa shape index (κ1) is 25.2. The molecule has 5 rings (SSSR count). The molecule has 37 heavy (non-hydrogen) atoms. The number of hydrogen-bond acceptors (Lipinski definition) is 5. The van der Waals surface area contributed by atoms with Crippen LogP contribution in [0.5, 0.6) is 0 Å². The number of carbonyl (C=O) groups is 1. The van der Waals surface area contributed by atoms with Crippen molar-refractivity contribution in [2.75, 3.05) is 30.9 Å². The number of para-hydroxylation sites is 1. The van der Waals surface area contributed by atoms with Crippen LogP contribution in [0.25, 0.3) is 0 Å². The summed E-state index contributed by atoms with van der Waals surface area (Å²) in [5.41, 5.74) is 6.29. The number of amides is 1. The van der Waals surface area contributed by atoms with Crippen LogP contribution in [0.15, 0.2) is 70.6 Å². The Morgan fingerprint density at radius 1 is 0.946 bits per heavy atom. The predicted molar refractivity (Wildman–Crippen MR) is 147 cm³/mol. The second-order valence-corrected chi connectivity index (χ2v) is 11.4. The topological polar surface area (TPSA) is 82.1 Å². The van der Waals surface area contributed by atoms with Crippen LogP contribution >= 0.6 is 0 Å². The molecule has 7 nitrogen and oxygen atoms in total. The highest BCUT2D eigenvalue weighted by atomic mass is 32.2. The zero-order chi connectivity index (χ0) is 26.0. The molecule has 2 aliphatic heterocycles. The van der Waals surface area contributed by atoms with Gasteiger partial charge in [0, 0.05) is 50.2 Å². The molecule has 0 saturated carbocycles. The highest BCUT2D eigenvalue weighted by Gasteiger charge is 2.24. The van der Waals surface area contributed by atoms with Gasteiger partial charge in [-0.05, 0) is 79.3 Å². The molecule has 192 valence electrons. The van der Waals surface area contributed by atoms with Gasteiger partial charge in [0.05, 0.1) is 5.69 Å². The molecule has 1 fully saturated rings. The van der Waals surface area contributed by atoms with E-state index in [1.54, 1.807) is 42.6 Å². The molecule has 1 amide bonds. The quantitative estimate of drug-likeness (QED) is 0.514. The standard InChI is InChI=1S/C29H32N4O3S/c1-21-8-9-23(19-22(21)2)20-32-15-17-33(18-16-32)29(34)25-10-12-26(13-11-25)31-37(35,36)27-7-3-5-24-6-4-14-30-28(24)27/h3,5,7-14,19,31H,4,6,15-18,20H2,1-2H3. The molecule has 0 spiro atoms.